The summed E-state index contributed by atoms with van der Waals surface area (Å²) >= 11 is 1.85. The first-order chi connectivity index (χ1) is 8.27. The highest BCUT2D eigenvalue weighted by molar-refractivity contribution is 7.99. The molecule has 0 N–H and O–H groups in total. The van der Waals surface area contributed by atoms with Crippen molar-refractivity contribution < 1.29 is 14.0 Å². The lowest BCUT2D eigenvalue weighted by Gasteiger charge is -2.10. The van der Waals surface area contributed by atoms with Crippen molar-refractivity contribution in [1.29, 1.82) is 0 Å². The molecule has 1 fully saturated rings. The van der Waals surface area contributed by atoms with Crippen LogP contribution in [0.25, 0.3) is 0 Å². The van der Waals surface area contributed by atoms with Crippen LogP contribution in [0.5, 0.6) is 0 Å². The van der Waals surface area contributed by atoms with E-state index in [0.29, 0.717) is 0 Å². The zero-order chi connectivity index (χ0) is 12.1. The molecule has 0 aliphatic carbocycles. The van der Waals surface area contributed by atoms with Crippen LogP contribution in [0, 0.1) is 5.82 Å². The van der Waals surface area contributed by atoms with Crippen molar-refractivity contribution in [3.05, 3.63) is 35.6 Å². The van der Waals surface area contributed by atoms with Crippen molar-refractivity contribution in [2.45, 2.75) is 12.8 Å². The molecule has 0 radical (unpaired) electrons. The van der Waals surface area contributed by atoms with Gasteiger partial charge in [-0.2, -0.15) is 11.8 Å². The third-order valence-electron chi connectivity index (χ3n) is 2.42. The average molecular weight is 253 g/mol. The average Bonchev–Trinajstić information content (AvgIpc) is 2.38. The molecule has 90 valence electrons. The number of halogens is 1. The molecular formula is C12H12FNO2S. The monoisotopic (exact) mass is 253 g/mol. The van der Waals surface area contributed by atoms with Gasteiger partial charge in [0.25, 0.3) is 0 Å². The second-order valence-electron chi connectivity index (χ2n) is 3.63. The predicted octanol–water partition coefficient (Wildman–Crippen LogP) is 2.87. The first-order valence-corrected chi connectivity index (χ1v) is 6.52. The number of nitrogens with zero attached hydrogens (tertiary/aromatic N) is 1. The molecule has 0 atom stereocenters. The molecule has 0 saturated carbocycles. The highest BCUT2D eigenvalue weighted by atomic mass is 32.2. The first kappa shape index (κ1) is 12.1. The molecule has 1 aliphatic heterocycles. The second-order valence-corrected chi connectivity index (χ2v) is 4.85. The molecule has 2 rings (SSSR count). The summed E-state index contributed by atoms with van der Waals surface area (Å²) in [5.74, 6) is 0.664. The van der Waals surface area contributed by atoms with E-state index in [0.717, 1.165) is 30.1 Å². The van der Waals surface area contributed by atoms with Gasteiger partial charge in [0, 0.05) is 0 Å². The molecule has 0 unspecified atom stereocenters. The Morgan fingerprint density at radius 1 is 1.29 bits per heavy atom. The molecule has 0 aromatic heterocycles. The number of hydrogen-bond donors (Lipinski definition) is 0. The van der Waals surface area contributed by atoms with Gasteiger partial charge in [-0.15, -0.1) is 0 Å². The number of carbonyl (C=O) groups is 1. The van der Waals surface area contributed by atoms with Gasteiger partial charge in [0.1, 0.15) is 5.82 Å². The van der Waals surface area contributed by atoms with Gasteiger partial charge in [0.2, 0.25) is 0 Å². The van der Waals surface area contributed by atoms with Crippen LogP contribution in [0.15, 0.2) is 29.4 Å². The number of hydrogen-bond acceptors (Lipinski definition) is 4. The van der Waals surface area contributed by atoms with E-state index in [2.05, 4.69) is 5.16 Å². The predicted molar refractivity (Wildman–Crippen MR) is 65.8 cm³/mol. The van der Waals surface area contributed by atoms with Gasteiger partial charge in [-0.25, -0.2) is 9.18 Å². The summed E-state index contributed by atoms with van der Waals surface area (Å²) in [5.41, 5.74) is 0.787. The Hall–Kier alpha value is -1.36. The van der Waals surface area contributed by atoms with Crippen LogP contribution in [-0.2, 0) is 4.84 Å². The summed E-state index contributed by atoms with van der Waals surface area (Å²) in [6, 6.07) is 5.72. The van der Waals surface area contributed by atoms with E-state index in [4.69, 9.17) is 4.84 Å². The fraction of sp³-hybridized carbons (Fsp3) is 0.333. The summed E-state index contributed by atoms with van der Waals surface area (Å²) < 4.78 is 13.3. The zero-order valence-electron chi connectivity index (χ0n) is 9.19. The van der Waals surface area contributed by atoms with E-state index in [1.54, 1.807) is 6.07 Å². The molecule has 3 nitrogen and oxygen atoms in total. The van der Waals surface area contributed by atoms with Crippen LogP contribution in [0.1, 0.15) is 23.2 Å². The van der Waals surface area contributed by atoms with E-state index in [1.165, 1.54) is 18.2 Å². The number of benzene rings is 1. The minimum absolute atomic E-state index is 0.0814. The van der Waals surface area contributed by atoms with Crippen molar-refractivity contribution >= 4 is 23.4 Å². The Labute approximate surface area is 103 Å². The summed E-state index contributed by atoms with van der Waals surface area (Å²) in [6.07, 6.45) is 1.66. The number of rotatable bonds is 2. The van der Waals surface area contributed by atoms with Gasteiger partial charge >= 0.3 is 5.97 Å². The molecule has 5 heteroatoms. The SMILES string of the molecule is O=C(ON=C1CCSCC1)c1ccccc1F. The molecule has 1 aromatic rings. The number of thioether (sulfide) groups is 1. The smallest absolute Gasteiger partial charge is 0.313 e. The molecule has 1 aromatic carbocycles. The van der Waals surface area contributed by atoms with E-state index >= 15 is 0 Å². The van der Waals surface area contributed by atoms with Crippen molar-refractivity contribution in [3.8, 4) is 0 Å². The standard InChI is InChI=1S/C12H12FNO2S/c13-11-4-2-1-3-10(11)12(15)16-14-9-5-7-17-8-6-9/h1-4H,5-8H2. The lowest BCUT2D eigenvalue weighted by molar-refractivity contribution is 0.0509. The number of carbonyl (C=O) groups excluding carboxylic acids is 1. The molecule has 0 spiro atoms. The summed E-state index contributed by atoms with van der Waals surface area (Å²) in [4.78, 5) is 16.3. The lowest BCUT2D eigenvalue weighted by Crippen LogP contribution is -2.11. The fourth-order valence-corrected chi connectivity index (χ4v) is 2.44. The molecule has 17 heavy (non-hydrogen) atoms. The third kappa shape index (κ3) is 3.30. The Kier molecular flexibility index (Phi) is 4.14. The van der Waals surface area contributed by atoms with Gasteiger partial charge in [-0.05, 0) is 36.5 Å². The van der Waals surface area contributed by atoms with E-state index in [-0.39, 0.29) is 5.56 Å². The van der Waals surface area contributed by atoms with Crippen LogP contribution in [0.2, 0.25) is 0 Å². The maximum absolute atomic E-state index is 13.3. The fourth-order valence-electron chi connectivity index (χ4n) is 1.48. The van der Waals surface area contributed by atoms with E-state index in [9.17, 15) is 9.18 Å². The second kappa shape index (κ2) is 5.82. The highest BCUT2D eigenvalue weighted by Crippen LogP contribution is 2.15. The molecule has 0 bridgehead atoms. The lowest BCUT2D eigenvalue weighted by atomic mass is 10.2. The van der Waals surface area contributed by atoms with Gasteiger partial charge in [-0.1, -0.05) is 17.3 Å². The van der Waals surface area contributed by atoms with Crippen LogP contribution in [-0.4, -0.2) is 23.2 Å². The summed E-state index contributed by atoms with van der Waals surface area (Å²) in [6.45, 7) is 0. The van der Waals surface area contributed by atoms with E-state index in [1.807, 2.05) is 11.8 Å². The Balaban J connectivity index is 2.00. The highest BCUT2D eigenvalue weighted by Gasteiger charge is 2.13. The van der Waals surface area contributed by atoms with Crippen LogP contribution >= 0.6 is 11.8 Å². The van der Waals surface area contributed by atoms with Crippen molar-refractivity contribution in [2.24, 2.45) is 5.16 Å². The Morgan fingerprint density at radius 3 is 2.71 bits per heavy atom. The maximum atomic E-state index is 13.3. The largest absolute Gasteiger partial charge is 0.368 e. The summed E-state index contributed by atoms with van der Waals surface area (Å²) in [5, 5.41) is 3.79. The molecule has 1 saturated heterocycles. The van der Waals surface area contributed by atoms with Gasteiger partial charge < -0.3 is 4.84 Å². The van der Waals surface area contributed by atoms with E-state index < -0.39 is 11.8 Å². The van der Waals surface area contributed by atoms with Crippen LogP contribution in [0.4, 0.5) is 4.39 Å². The Bertz CT molecular complexity index is 440. The van der Waals surface area contributed by atoms with Crippen LogP contribution < -0.4 is 0 Å². The molecule has 0 amide bonds. The van der Waals surface area contributed by atoms with Crippen molar-refractivity contribution in [3.63, 3.8) is 0 Å². The maximum Gasteiger partial charge on any atom is 0.368 e. The zero-order valence-corrected chi connectivity index (χ0v) is 10.0. The van der Waals surface area contributed by atoms with Crippen LogP contribution in [0.3, 0.4) is 0 Å². The molecule has 1 aliphatic rings. The minimum atomic E-state index is -0.742. The summed E-state index contributed by atoms with van der Waals surface area (Å²) in [7, 11) is 0. The Morgan fingerprint density at radius 2 is 2.00 bits per heavy atom. The molecule has 1 heterocycles. The van der Waals surface area contributed by atoms with Crippen molar-refractivity contribution in [2.75, 3.05) is 11.5 Å². The first-order valence-electron chi connectivity index (χ1n) is 5.37. The minimum Gasteiger partial charge on any atom is -0.313 e. The quantitative estimate of drug-likeness (QED) is 0.601. The topological polar surface area (TPSA) is 38.7 Å². The number of oxime groups is 1. The van der Waals surface area contributed by atoms with Gasteiger partial charge in [0.05, 0.1) is 11.3 Å². The third-order valence-corrected chi connectivity index (χ3v) is 3.41. The normalized spacial score (nSPS) is 15.5. The molecular weight excluding hydrogens is 241 g/mol. The van der Waals surface area contributed by atoms with Crippen molar-refractivity contribution in [1.82, 2.24) is 0 Å². The van der Waals surface area contributed by atoms with Gasteiger partial charge in [0.15, 0.2) is 0 Å². The van der Waals surface area contributed by atoms with Gasteiger partial charge in [-0.3, -0.25) is 0 Å².